The lowest BCUT2D eigenvalue weighted by atomic mass is 10.0. The number of ether oxygens (including phenoxy) is 1. The number of amides is 2. The van der Waals surface area contributed by atoms with E-state index in [0.29, 0.717) is 32.0 Å². The van der Waals surface area contributed by atoms with Crippen molar-refractivity contribution in [1.82, 2.24) is 9.80 Å². The SMILES string of the molecule is COc1ccc(C(=O)N2CCCN(C(=O)CC(C)C)CC2)c(C)c1C. The molecule has 0 atom stereocenters. The molecule has 0 bridgehead atoms. The van der Waals surface area contributed by atoms with Gasteiger partial charge < -0.3 is 14.5 Å². The molecule has 1 heterocycles. The summed E-state index contributed by atoms with van der Waals surface area (Å²) in [6.45, 7) is 10.7. The predicted octanol–water partition coefficient (Wildman–Crippen LogP) is 3.03. The second kappa shape index (κ2) is 8.37. The number of hydrogen-bond acceptors (Lipinski definition) is 3. The van der Waals surface area contributed by atoms with E-state index in [9.17, 15) is 9.59 Å². The molecule has 0 unspecified atom stereocenters. The fraction of sp³-hybridized carbons (Fsp3) is 0.600. The number of methoxy groups -OCH3 is 1. The first-order chi connectivity index (χ1) is 11.8. The van der Waals surface area contributed by atoms with Gasteiger partial charge in [0.25, 0.3) is 5.91 Å². The predicted molar refractivity (Wildman–Crippen MR) is 99.0 cm³/mol. The molecule has 2 amide bonds. The molecule has 0 aromatic heterocycles. The summed E-state index contributed by atoms with van der Waals surface area (Å²) in [6, 6.07) is 3.70. The smallest absolute Gasteiger partial charge is 0.254 e. The van der Waals surface area contributed by atoms with Crippen molar-refractivity contribution in [3.8, 4) is 5.75 Å². The Kier molecular flexibility index (Phi) is 6.45. The van der Waals surface area contributed by atoms with Crippen LogP contribution in [0.4, 0.5) is 0 Å². The first-order valence-corrected chi connectivity index (χ1v) is 9.06. The third kappa shape index (κ3) is 4.53. The van der Waals surface area contributed by atoms with Crippen molar-refractivity contribution in [2.75, 3.05) is 33.3 Å². The molecule has 1 aromatic rings. The van der Waals surface area contributed by atoms with E-state index in [1.165, 1.54) is 0 Å². The summed E-state index contributed by atoms with van der Waals surface area (Å²) in [5, 5.41) is 0. The van der Waals surface area contributed by atoms with Gasteiger partial charge in [0.05, 0.1) is 7.11 Å². The molecule has 1 aliphatic heterocycles. The lowest BCUT2D eigenvalue weighted by Gasteiger charge is -2.24. The maximum Gasteiger partial charge on any atom is 0.254 e. The Balaban J connectivity index is 2.09. The number of nitrogens with zero attached hydrogens (tertiary/aromatic N) is 2. The molecular weight excluding hydrogens is 316 g/mol. The molecule has 0 N–H and O–H groups in total. The summed E-state index contributed by atoms with van der Waals surface area (Å²) < 4.78 is 5.33. The van der Waals surface area contributed by atoms with Crippen LogP contribution in [-0.4, -0.2) is 54.9 Å². The monoisotopic (exact) mass is 346 g/mol. The van der Waals surface area contributed by atoms with Crippen LogP contribution >= 0.6 is 0 Å². The molecule has 5 nitrogen and oxygen atoms in total. The van der Waals surface area contributed by atoms with E-state index in [4.69, 9.17) is 4.74 Å². The minimum absolute atomic E-state index is 0.0430. The van der Waals surface area contributed by atoms with Crippen molar-refractivity contribution in [2.45, 2.75) is 40.5 Å². The lowest BCUT2D eigenvalue weighted by Crippen LogP contribution is -2.37. The summed E-state index contributed by atoms with van der Waals surface area (Å²) in [7, 11) is 1.64. The number of rotatable bonds is 4. The molecule has 1 saturated heterocycles. The molecule has 138 valence electrons. The highest BCUT2D eigenvalue weighted by Crippen LogP contribution is 2.25. The van der Waals surface area contributed by atoms with Gasteiger partial charge in [-0.25, -0.2) is 0 Å². The molecule has 0 radical (unpaired) electrons. The molecule has 1 aliphatic rings. The van der Waals surface area contributed by atoms with Crippen molar-refractivity contribution in [1.29, 1.82) is 0 Å². The zero-order valence-electron chi connectivity index (χ0n) is 16.1. The first kappa shape index (κ1) is 19.3. The second-order valence-corrected chi connectivity index (χ2v) is 7.19. The molecule has 1 fully saturated rings. The first-order valence-electron chi connectivity index (χ1n) is 9.06. The molecule has 0 aliphatic carbocycles. The van der Waals surface area contributed by atoms with E-state index in [2.05, 4.69) is 13.8 Å². The molecule has 25 heavy (non-hydrogen) atoms. The number of carbonyl (C=O) groups excluding carboxylic acids is 2. The molecule has 5 heteroatoms. The van der Waals surface area contributed by atoms with Crippen LogP contribution in [0, 0.1) is 19.8 Å². The van der Waals surface area contributed by atoms with Crippen LogP contribution in [0.2, 0.25) is 0 Å². The van der Waals surface area contributed by atoms with Crippen LogP contribution in [0.5, 0.6) is 5.75 Å². The quantitative estimate of drug-likeness (QED) is 0.842. The maximum atomic E-state index is 13.0. The van der Waals surface area contributed by atoms with Crippen molar-refractivity contribution < 1.29 is 14.3 Å². The Morgan fingerprint density at radius 1 is 1.04 bits per heavy atom. The third-order valence-corrected chi connectivity index (χ3v) is 4.91. The van der Waals surface area contributed by atoms with E-state index in [-0.39, 0.29) is 11.8 Å². The number of hydrogen-bond donors (Lipinski definition) is 0. The number of benzene rings is 1. The summed E-state index contributed by atoms with van der Waals surface area (Å²) in [4.78, 5) is 29.0. The summed E-state index contributed by atoms with van der Waals surface area (Å²) in [5.41, 5.74) is 2.68. The Morgan fingerprint density at radius 3 is 2.32 bits per heavy atom. The highest BCUT2D eigenvalue weighted by atomic mass is 16.5. The topological polar surface area (TPSA) is 49.9 Å². The number of carbonyl (C=O) groups is 2. The second-order valence-electron chi connectivity index (χ2n) is 7.19. The van der Waals surface area contributed by atoms with Gasteiger partial charge in [-0.05, 0) is 49.4 Å². The van der Waals surface area contributed by atoms with Gasteiger partial charge in [-0.2, -0.15) is 0 Å². The van der Waals surface area contributed by atoms with Crippen LogP contribution < -0.4 is 4.74 Å². The fourth-order valence-corrected chi connectivity index (χ4v) is 3.27. The molecular formula is C20H30N2O3. The van der Waals surface area contributed by atoms with Gasteiger partial charge in [0.2, 0.25) is 5.91 Å². The standard InChI is InChI=1S/C20H30N2O3/c1-14(2)13-19(23)21-9-6-10-22(12-11-21)20(24)17-7-8-18(25-5)16(4)15(17)3/h7-8,14H,6,9-13H2,1-5H3. The lowest BCUT2D eigenvalue weighted by molar-refractivity contribution is -0.131. The molecule has 1 aromatic carbocycles. The van der Waals surface area contributed by atoms with Crippen molar-refractivity contribution >= 4 is 11.8 Å². The average Bonchev–Trinajstić information content (AvgIpc) is 2.82. The normalized spacial score (nSPS) is 15.3. The van der Waals surface area contributed by atoms with E-state index >= 15 is 0 Å². The summed E-state index contributed by atoms with van der Waals surface area (Å²) >= 11 is 0. The van der Waals surface area contributed by atoms with Crippen LogP contribution in [0.25, 0.3) is 0 Å². The van der Waals surface area contributed by atoms with Gasteiger partial charge in [0, 0.05) is 38.2 Å². The van der Waals surface area contributed by atoms with Crippen molar-refractivity contribution in [3.63, 3.8) is 0 Å². The van der Waals surface area contributed by atoms with E-state index in [1.54, 1.807) is 7.11 Å². The zero-order valence-corrected chi connectivity index (χ0v) is 16.1. The van der Waals surface area contributed by atoms with Crippen LogP contribution in [0.3, 0.4) is 0 Å². The van der Waals surface area contributed by atoms with Crippen molar-refractivity contribution in [3.05, 3.63) is 28.8 Å². The summed E-state index contributed by atoms with van der Waals surface area (Å²) in [5.74, 6) is 1.40. The highest BCUT2D eigenvalue weighted by molar-refractivity contribution is 5.96. The fourth-order valence-electron chi connectivity index (χ4n) is 3.27. The van der Waals surface area contributed by atoms with Gasteiger partial charge in [-0.15, -0.1) is 0 Å². The molecule has 2 rings (SSSR count). The minimum atomic E-state index is 0.0430. The van der Waals surface area contributed by atoms with E-state index in [0.717, 1.165) is 35.4 Å². The average molecular weight is 346 g/mol. The largest absolute Gasteiger partial charge is 0.496 e. The van der Waals surface area contributed by atoms with Crippen LogP contribution in [-0.2, 0) is 4.79 Å². The minimum Gasteiger partial charge on any atom is -0.496 e. The third-order valence-electron chi connectivity index (χ3n) is 4.91. The summed E-state index contributed by atoms with van der Waals surface area (Å²) in [6.07, 6.45) is 1.40. The highest BCUT2D eigenvalue weighted by Gasteiger charge is 2.24. The zero-order chi connectivity index (χ0) is 18.6. The van der Waals surface area contributed by atoms with Gasteiger partial charge in [0.1, 0.15) is 5.75 Å². The van der Waals surface area contributed by atoms with Gasteiger partial charge in [-0.1, -0.05) is 13.8 Å². The maximum absolute atomic E-state index is 13.0. The van der Waals surface area contributed by atoms with Gasteiger partial charge >= 0.3 is 0 Å². The van der Waals surface area contributed by atoms with Crippen LogP contribution in [0.15, 0.2) is 12.1 Å². The Morgan fingerprint density at radius 2 is 1.68 bits per heavy atom. The van der Waals surface area contributed by atoms with E-state index < -0.39 is 0 Å². The van der Waals surface area contributed by atoms with Crippen LogP contribution in [0.1, 0.15) is 48.2 Å². The molecule has 0 saturated carbocycles. The Labute approximate surface area is 150 Å². The van der Waals surface area contributed by atoms with Gasteiger partial charge in [-0.3, -0.25) is 9.59 Å². The van der Waals surface area contributed by atoms with E-state index in [1.807, 2.05) is 35.8 Å². The Bertz CT molecular complexity index is 640. The van der Waals surface area contributed by atoms with Gasteiger partial charge in [0.15, 0.2) is 0 Å². The Hall–Kier alpha value is -2.04. The molecule has 0 spiro atoms. The van der Waals surface area contributed by atoms with Crippen molar-refractivity contribution in [2.24, 2.45) is 5.92 Å².